The van der Waals surface area contributed by atoms with Crippen LogP contribution in [0.2, 0.25) is 0 Å². The number of hydrogen-bond donors (Lipinski definition) is 0. The van der Waals surface area contributed by atoms with E-state index in [0.717, 1.165) is 16.8 Å². The smallest absolute Gasteiger partial charge is 0.237 e. The highest BCUT2D eigenvalue weighted by molar-refractivity contribution is 7.99. The molecule has 1 aromatic heterocycles. The summed E-state index contributed by atoms with van der Waals surface area (Å²) in [6, 6.07) is 11.8. The van der Waals surface area contributed by atoms with Crippen LogP contribution in [0.1, 0.15) is 18.1 Å². The lowest BCUT2D eigenvalue weighted by Crippen LogP contribution is -2.32. The van der Waals surface area contributed by atoms with E-state index < -0.39 is 0 Å². The molecule has 8 heteroatoms. The van der Waals surface area contributed by atoms with Gasteiger partial charge in [-0.15, -0.1) is 5.10 Å². The Balaban J connectivity index is 1.75. The molecule has 140 valence electrons. The van der Waals surface area contributed by atoms with Crippen LogP contribution in [0.15, 0.2) is 47.6 Å². The Morgan fingerprint density at radius 2 is 1.93 bits per heavy atom. The molecule has 0 fully saturated rings. The number of carbonyl (C=O) groups is 1. The average molecular weight is 385 g/mol. The highest BCUT2D eigenvalue weighted by atomic mass is 32.2. The molecule has 0 radical (unpaired) electrons. The van der Waals surface area contributed by atoms with Crippen LogP contribution >= 0.6 is 11.8 Å². The van der Waals surface area contributed by atoms with Crippen molar-refractivity contribution < 1.29 is 9.18 Å². The van der Waals surface area contributed by atoms with Crippen molar-refractivity contribution in [3.05, 3.63) is 59.4 Å². The van der Waals surface area contributed by atoms with Crippen LogP contribution in [0.3, 0.4) is 0 Å². The summed E-state index contributed by atoms with van der Waals surface area (Å²) < 4.78 is 14.8. The number of carbonyl (C=O) groups excluding carboxylic acids is 1. The van der Waals surface area contributed by atoms with E-state index in [1.54, 1.807) is 21.7 Å². The number of aromatic nitrogens is 4. The molecule has 1 amide bonds. The average Bonchev–Trinajstić information content (AvgIpc) is 3.13. The molecule has 3 rings (SSSR count). The Morgan fingerprint density at radius 1 is 1.19 bits per heavy atom. The maximum atomic E-state index is 13.1. The first kappa shape index (κ1) is 19.0. The van der Waals surface area contributed by atoms with E-state index in [0.29, 0.717) is 17.4 Å². The van der Waals surface area contributed by atoms with Crippen molar-refractivity contribution in [3.63, 3.8) is 0 Å². The van der Waals surface area contributed by atoms with E-state index in [1.165, 1.54) is 23.9 Å². The summed E-state index contributed by atoms with van der Waals surface area (Å²) in [4.78, 5) is 14.3. The van der Waals surface area contributed by atoms with Crippen LogP contribution in [0.25, 0.3) is 5.69 Å². The molecule has 2 aromatic carbocycles. The number of aryl methyl sites for hydroxylation is 1. The molecule has 27 heavy (non-hydrogen) atoms. The normalized spacial score (nSPS) is 10.8. The van der Waals surface area contributed by atoms with Gasteiger partial charge < -0.3 is 4.90 Å². The van der Waals surface area contributed by atoms with Crippen LogP contribution in [-0.2, 0) is 4.79 Å². The fourth-order valence-corrected chi connectivity index (χ4v) is 3.47. The summed E-state index contributed by atoms with van der Waals surface area (Å²) in [6.45, 7) is 6.42. The van der Waals surface area contributed by atoms with Crippen molar-refractivity contribution in [2.24, 2.45) is 0 Å². The van der Waals surface area contributed by atoms with Gasteiger partial charge in [-0.25, -0.2) is 4.39 Å². The summed E-state index contributed by atoms with van der Waals surface area (Å²) in [6.07, 6.45) is 0. The number of thioether (sulfide) groups is 1. The van der Waals surface area contributed by atoms with Crippen molar-refractivity contribution >= 4 is 23.4 Å². The van der Waals surface area contributed by atoms with Crippen molar-refractivity contribution in [2.75, 3.05) is 17.2 Å². The third-order valence-corrected chi connectivity index (χ3v) is 5.23. The standard InChI is InChI=1S/C19H20FN5OS/c1-4-24(16-10-8-15(20)9-11-16)18(26)12-27-19-21-22-23-25(19)17-7-5-6-13(2)14(17)3/h5-11H,4,12H2,1-3H3. The van der Waals surface area contributed by atoms with E-state index in [2.05, 4.69) is 15.5 Å². The minimum Gasteiger partial charge on any atom is -0.312 e. The number of tetrazole rings is 1. The zero-order chi connectivity index (χ0) is 19.4. The number of anilines is 1. The first-order chi connectivity index (χ1) is 13.0. The topological polar surface area (TPSA) is 63.9 Å². The van der Waals surface area contributed by atoms with Gasteiger partial charge >= 0.3 is 0 Å². The zero-order valence-corrected chi connectivity index (χ0v) is 16.2. The lowest BCUT2D eigenvalue weighted by molar-refractivity contribution is -0.116. The second-order valence-electron chi connectivity index (χ2n) is 6.00. The van der Waals surface area contributed by atoms with Crippen LogP contribution in [0.5, 0.6) is 0 Å². The molecule has 3 aromatic rings. The third kappa shape index (κ3) is 4.16. The van der Waals surface area contributed by atoms with Gasteiger partial charge in [0.15, 0.2) is 0 Å². The maximum absolute atomic E-state index is 13.1. The van der Waals surface area contributed by atoms with Gasteiger partial charge in [-0.05, 0) is 72.7 Å². The molecule has 0 saturated carbocycles. The van der Waals surface area contributed by atoms with Crippen LogP contribution < -0.4 is 4.90 Å². The third-order valence-electron chi connectivity index (χ3n) is 4.33. The first-order valence-corrected chi connectivity index (χ1v) is 9.53. The van der Waals surface area contributed by atoms with Gasteiger partial charge in [0.1, 0.15) is 5.82 Å². The number of nitrogens with zero attached hydrogens (tertiary/aromatic N) is 5. The molecule has 0 unspecified atom stereocenters. The molecule has 0 aliphatic heterocycles. The Labute approximate surface area is 161 Å². The summed E-state index contributed by atoms with van der Waals surface area (Å²) in [5.41, 5.74) is 3.78. The van der Waals surface area contributed by atoms with Gasteiger partial charge in [0.25, 0.3) is 0 Å². The molecular formula is C19H20FN5OS. The molecular weight excluding hydrogens is 365 g/mol. The maximum Gasteiger partial charge on any atom is 0.237 e. The highest BCUT2D eigenvalue weighted by Crippen LogP contribution is 2.23. The van der Waals surface area contributed by atoms with Crippen LogP contribution in [-0.4, -0.2) is 38.4 Å². The lowest BCUT2D eigenvalue weighted by atomic mass is 10.1. The molecule has 0 saturated heterocycles. The lowest BCUT2D eigenvalue weighted by Gasteiger charge is -2.20. The van der Waals surface area contributed by atoms with Crippen molar-refractivity contribution in [1.29, 1.82) is 0 Å². The summed E-state index contributed by atoms with van der Waals surface area (Å²) in [7, 11) is 0. The molecule has 1 heterocycles. The molecule has 0 aliphatic rings. The molecule has 6 nitrogen and oxygen atoms in total. The van der Waals surface area contributed by atoms with E-state index in [1.807, 2.05) is 39.0 Å². The zero-order valence-electron chi connectivity index (χ0n) is 15.4. The van der Waals surface area contributed by atoms with E-state index >= 15 is 0 Å². The molecule has 0 N–H and O–H groups in total. The predicted octanol–water partition coefficient (Wildman–Crippen LogP) is 3.56. The summed E-state index contributed by atoms with van der Waals surface area (Å²) in [5.74, 6) is -0.245. The summed E-state index contributed by atoms with van der Waals surface area (Å²) >= 11 is 1.27. The Morgan fingerprint density at radius 3 is 2.63 bits per heavy atom. The van der Waals surface area contributed by atoms with Crippen LogP contribution in [0, 0.1) is 19.7 Å². The van der Waals surface area contributed by atoms with Gasteiger partial charge in [-0.2, -0.15) is 4.68 Å². The predicted molar refractivity (Wildman–Crippen MR) is 104 cm³/mol. The van der Waals surface area contributed by atoms with Gasteiger partial charge in [0.05, 0.1) is 11.4 Å². The highest BCUT2D eigenvalue weighted by Gasteiger charge is 2.18. The SMILES string of the molecule is CCN(C(=O)CSc1nnnn1-c1cccc(C)c1C)c1ccc(F)cc1. The van der Waals surface area contributed by atoms with Gasteiger partial charge in [-0.1, -0.05) is 23.9 Å². The van der Waals surface area contributed by atoms with E-state index in [-0.39, 0.29) is 17.5 Å². The van der Waals surface area contributed by atoms with Crippen molar-refractivity contribution in [3.8, 4) is 5.69 Å². The number of benzene rings is 2. The monoisotopic (exact) mass is 385 g/mol. The second kappa shape index (κ2) is 8.30. The minimum absolute atomic E-state index is 0.0929. The van der Waals surface area contributed by atoms with Crippen molar-refractivity contribution in [2.45, 2.75) is 25.9 Å². The second-order valence-corrected chi connectivity index (χ2v) is 6.94. The van der Waals surface area contributed by atoms with Gasteiger partial charge in [-0.3, -0.25) is 4.79 Å². The van der Waals surface area contributed by atoms with Gasteiger partial charge in [0.2, 0.25) is 11.1 Å². The van der Waals surface area contributed by atoms with Crippen molar-refractivity contribution in [1.82, 2.24) is 20.2 Å². The number of hydrogen-bond acceptors (Lipinski definition) is 5. The van der Waals surface area contributed by atoms with E-state index in [4.69, 9.17) is 0 Å². The number of amides is 1. The Hall–Kier alpha value is -2.74. The fourth-order valence-electron chi connectivity index (χ4n) is 2.71. The molecule has 0 bridgehead atoms. The first-order valence-electron chi connectivity index (χ1n) is 8.55. The van der Waals surface area contributed by atoms with Gasteiger partial charge in [0, 0.05) is 12.2 Å². The largest absolute Gasteiger partial charge is 0.312 e. The Bertz CT molecular complexity index is 942. The molecule has 0 aliphatic carbocycles. The van der Waals surface area contributed by atoms with Crippen LogP contribution in [0.4, 0.5) is 10.1 Å². The Kier molecular flexibility index (Phi) is 5.85. The number of rotatable bonds is 6. The fraction of sp³-hybridized carbons (Fsp3) is 0.263. The molecule has 0 spiro atoms. The summed E-state index contributed by atoms with van der Waals surface area (Å²) in [5, 5.41) is 12.4. The minimum atomic E-state index is -0.329. The molecule has 0 atom stereocenters. The quantitative estimate of drug-likeness (QED) is 0.607. The van der Waals surface area contributed by atoms with E-state index in [9.17, 15) is 9.18 Å². The number of halogens is 1.